The van der Waals surface area contributed by atoms with Crippen molar-refractivity contribution in [3.63, 3.8) is 0 Å². The number of nitrogens with zero attached hydrogens (tertiary/aromatic N) is 1. The molecule has 1 atom stereocenters. The maximum atomic E-state index is 12.7. The minimum atomic E-state index is -3.67. The average Bonchev–Trinajstić information content (AvgIpc) is 3.04. The van der Waals surface area contributed by atoms with Crippen molar-refractivity contribution in [2.75, 3.05) is 25.5 Å². The van der Waals surface area contributed by atoms with E-state index in [9.17, 15) is 13.2 Å². The first kappa shape index (κ1) is 14.8. The normalized spacial score (nSPS) is 21.7. The van der Waals surface area contributed by atoms with Crippen LogP contribution in [-0.2, 0) is 21.2 Å². The van der Waals surface area contributed by atoms with Crippen molar-refractivity contribution in [1.29, 1.82) is 0 Å². The van der Waals surface area contributed by atoms with Gasteiger partial charge in [-0.15, -0.1) is 0 Å². The van der Waals surface area contributed by atoms with E-state index in [1.165, 1.54) is 16.4 Å². The molecule has 2 N–H and O–H groups in total. The maximum absolute atomic E-state index is 12.7. The zero-order valence-electron chi connectivity index (χ0n) is 11.5. The Morgan fingerprint density at radius 3 is 2.81 bits per heavy atom. The Balaban J connectivity index is 1.99. The van der Waals surface area contributed by atoms with Crippen LogP contribution in [-0.4, -0.2) is 44.8 Å². The molecule has 1 aromatic carbocycles. The topological polar surface area (TPSA) is 78.5 Å². The number of sulfonamides is 1. The van der Waals surface area contributed by atoms with Crippen LogP contribution in [0.25, 0.3) is 0 Å². The maximum Gasteiger partial charge on any atom is 0.244 e. The van der Waals surface area contributed by atoms with Gasteiger partial charge in [-0.05, 0) is 30.7 Å². The molecule has 1 aromatic rings. The first-order valence-corrected chi connectivity index (χ1v) is 8.52. The third kappa shape index (κ3) is 2.55. The van der Waals surface area contributed by atoms with Gasteiger partial charge in [-0.25, -0.2) is 8.42 Å². The minimum Gasteiger partial charge on any atom is -0.325 e. The van der Waals surface area contributed by atoms with Crippen LogP contribution in [0.1, 0.15) is 12.0 Å². The van der Waals surface area contributed by atoms with Gasteiger partial charge in [0.2, 0.25) is 15.9 Å². The number of hydrogen-bond acceptors (Lipinski definition) is 4. The molecule has 6 nitrogen and oxygen atoms in total. The Bertz CT molecular complexity index is 699. The molecule has 0 bridgehead atoms. The van der Waals surface area contributed by atoms with Crippen molar-refractivity contribution in [2.24, 2.45) is 0 Å². The number of amides is 1. The smallest absolute Gasteiger partial charge is 0.244 e. The third-order valence-corrected chi connectivity index (χ3v) is 6.36. The molecule has 1 fully saturated rings. The second-order valence-electron chi connectivity index (χ2n) is 5.33. The molecule has 2 aliphatic rings. The van der Waals surface area contributed by atoms with Crippen LogP contribution in [0.3, 0.4) is 0 Å². The first-order chi connectivity index (χ1) is 9.89. The van der Waals surface area contributed by atoms with E-state index in [1.807, 2.05) is 0 Å². The number of fused-ring (bicyclic) bond motifs is 1. The van der Waals surface area contributed by atoms with Gasteiger partial charge in [0.15, 0.2) is 0 Å². The summed E-state index contributed by atoms with van der Waals surface area (Å²) in [5.74, 6) is -0.149. The number of carbonyl (C=O) groups excluding carboxylic acids is 1. The van der Waals surface area contributed by atoms with E-state index < -0.39 is 10.0 Å². The molecule has 3 rings (SSSR count). The fourth-order valence-electron chi connectivity index (χ4n) is 2.72. The Hall–Kier alpha value is -1.15. The standard InChI is InChI=1S/C13H16ClN3O3S/c1-17(9-2-3-15-7-9)21(19,20)12-4-8-5-13(18)16-11(8)6-10(12)14/h4,6,9,15H,2-3,5,7H2,1H3,(H,16,18). The van der Waals surface area contributed by atoms with Crippen molar-refractivity contribution in [2.45, 2.75) is 23.8 Å². The number of likely N-dealkylation sites (N-methyl/N-ethyl adjacent to an activating group) is 1. The molecule has 114 valence electrons. The minimum absolute atomic E-state index is 0.0637. The van der Waals surface area contributed by atoms with Crippen LogP contribution in [0, 0.1) is 0 Å². The van der Waals surface area contributed by atoms with Gasteiger partial charge in [0.05, 0.1) is 11.4 Å². The summed E-state index contributed by atoms with van der Waals surface area (Å²) in [5, 5.41) is 5.94. The molecule has 1 saturated heterocycles. The van der Waals surface area contributed by atoms with Gasteiger partial charge >= 0.3 is 0 Å². The van der Waals surface area contributed by atoms with Crippen LogP contribution in [0.4, 0.5) is 5.69 Å². The van der Waals surface area contributed by atoms with E-state index in [4.69, 9.17) is 11.6 Å². The lowest BCUT2D eigenvalue weighted by atomic mass is 10.2. The van der Waals surface area contributed by atoms with Gasteiger partial charge in [-0.3, -0.25) is 4.79 Å². The van der Waals surface area contributed by atoms with Crippen LogP contribution in [0.5, 0.6) is 0 Å². The Morgan fingerprint density at radius 2 is 2.14 bits per heavy atom. The fraction of sp³-hybridized carbons (Fsp3) is 0.462. The van der Waals surface area contributed by atoms with E-state index in [-0.39, 0.29) is 28.3 Å². The fourth-order valence-corrected chi connectivity index (χ4v) is 4.66. The molecular formula is C13H16ClN3O3S. The zero-order valence-corrected chi connectivity index (χ0v) is 13.1. The second kappa shape index (κ2) is 5.24. The molecule has 2 heterocycles. The summed E-state index contributed by atoms with van der Waals surface area (Å²) in [6.45, 7) is 1.44. The van der Waals surface area contributed by atoms with Crippen molar-refractivity contribution < 1.29 is 13.2 Å². The van der Waals surface area contributed by atoms with Gasteiger partial charge in [0, 0.05) is 25.3 Å². The summed E-state index contributed by atoms with van der Waals surface area (Å²) in [4.78, 5) is 11.5. The van der Waals surface area contributed by atoms with Crippen molar-refractivity contribution in [3.05, 3.63) is 22.7 Å². The van der Waals surface area contributed by atoms with Crippen molar-refractivity contribution in [3.8, 4) is 0 Å². The predicted octanol–water partition coefficient (Wildman–Crippen LogP) is 0.817. The van der Waals surface area contributed by atoms with Crippen molar-refractivity contribution >= 4 is 33.2 Å². The van der Waals surface area contributed by atoms with Crippen LogP contribution in [0.15, 0.2) is 17.0 Å². The van der Waals surface area contributed by atoms with Crippen LogP contribution >= 0.6 is 11.6 Å². The summed E-state index contributed by atoms with van der Waals surface area (Å²) in [5.41, 5.74) is 1.26. The molecule has 1 amide bonds. The number of carbonyl (C=O) groups is 1. The molecule has 0 aromatic heterocycles. The summed E-state index contributed by atoms with van der Waals surface area (Å²) < 4.78 is 26.8. The summed E-state index contributed by atoms with van der Waals surface area (Å²) in [6.07, 6.45) is 0.960. The van der Waals surface area contributed by atoms with Crippen LogP contribution in [0.2, 0.25) is 5.02 Å². The Morgan fingerprint density at radius 1 is 1.38 bits per heavy atom. The molecule has 21 heavy (non-hydrogen) atoms. The number of benzene rings is 1. The molecule has 0 spiro atoms. The number of halogens is 1. The molecule has 8 heteroatoms. The van der Waals surface area contributed by atoms with E-state index in [0.29, 0.717) is 17.8 Å². The highest BCUT2D eigenvalue weighted by atomic mass is 35.5. The number of nitrogens with one attached hydrogen (secondary N) is 2. The van der Waals surface area contributed by atoms with Gasteiger partial charge in [0.25, 0.3) is 0 Å². The second-order valence-corrected chi connectivity index (χ2v) is 7.71. The van der Waals surface area contributed by atoms with Gasteiger partial charge in [0.1, 0.15) is 4.90 Å². The summed E-state index contributed by atoms with van der Waals surface area (Å²) in [7, 11) is -2.10. The quantitative estimate of drug-likeness (QED) is 0.860. The predicted molar refractivity (Wildman–Crippen MR) is 80.0 cm³/mol. The zero-order chi connectivity index (χ0) is 15.2. The first-order valence-electron chi connectivity index (χ1n) is 6.70. The lowest BCUT2D eigenvalue weighted by Gasteiger charge is -2.24. The average molecular weight is 330 g/mol. The van der Waals surface area contributed by atoms with E-state index in [2.05, 4.69) is 10.6 Å². The SMILES string of the molecule is CN(C1CCNC1)S(=O)(=O)c1cc2c(cc1Cl)NC(=O)C2. The summed E-state index contributed by atoms with van der Waals surface area (Å²) >= 11 is 6.12. The van der Waals surface area contributed by atoms with Gasteiger partial charge in [-0.2, -0.15) is 4.31 Å². The highest BCUT2D eigenvalue weighted by molar-refractivity contribution is 7.89. The van der Waals surface area contributed by atoms with Crippen LogP contribution < -0.4 is 10.6 Å². The number of anilines is 1. The lowest BCUT2D eigenvalue weighted by Crippen LogP contribution is -2.38. The molecule has 0 radical (unpaired) electrons. The molecule has 1 unspecified atom stereocenters. The summed E-state index contributed by atoms with van der Waals surface area (Å²) in [6, 6.07) is 2.94. The van der Waals surface area contributed by atoms with Gasteiger partial charge < -0.3 is 10.6 Å². The van der Waals surface area contributed by atoms with E-state index in [1.54, 1.807) is 7.05 Å². The largest absolute Gasteiger partial charge is 0.325 e. The Labute approximate surface area is 128 Å². The third-order valence-electron chi connectivity index (χ3n) is 3.99. The lowest BCUT2D eigenvalue weighted by molar-refractivity contribution is -0.115. The molecule has 2 aliphatic heterocycles. The number of hydrogen-bond donors (Lipinski definition) is 2. The number of rotatable bonds is 3. The van der Waals surface area contributed by atoms with Crippen molar-refractivity contribution in [1.82, 2.24) is 9.62 Å². The van der Waals surface area contributed by atoms with E-state index in [0.717, 1.165) is 13.0 Å². The molecule has 0 saturated carbocycles. The highest BCUT2D eigenvalue weighted by Crippen LogP contribution is 2.34. The Kier molecular flexibility index (Phi) is 3.69. The molecule has 0 aliphatic carbocycles. The monoisotopic (exact) mass is 329 g/mol. The highest BCUT2D eigenvalue weighted by Gasteiger charge is 2.33. The van der Waals surface area contributed by atoms with Gasteiger partial charge in [-0.1, -0.05) is 11.6 Å². The molecular weight excluding hydrogens is 314 g/mol. The van der Waals surface area contributed by atoms with E-state index >= 15 is 0 Å².